The molecule has 0 spiro atoms. The Hall–Kier alpha value is -3.36. The number of carbonyl (C=O) groups is 1. The third kappa shape index (κ3) is 5.59. The van der Waals surface area contributed by atoms with E-state index in [2.05, 4.69) is 20.4 Å². The van der Waals surface area contributed by atoms with Gasteiger partial charge >= 0.3 is 6.61 Å². The first-order valence-corrected chi connectivity index (χ1v) is 9.61. The van der Waals surface area contributed by atoms with Gasteiger partial charge in [-0.1, -0.05) is 24.3 Å². The normalized spacial score (nSPS) is 16.6. The number of hydrogen-bond donors (Lipinski definition) is 3. The Bertz CT molecular complexity index is 889. The molecule has 1 aliphatic rings. The van der Waals surface area contributed by atoms with Crippen molar-refractivity contribution in [2.24, 2.45) is 10.7 Å². The van der Waals surface area contributed by atoms with Gasteiger partial charge in [-0.15, -0.1) is 0 Å². The van der Waals surface area contributed by atoms with E-state index in [1.165, 1.54) is 0 Å². The number of aliphatic imine (C=N–C) groups is 1. The summed E-state index contributed by atoms with van der Waals surface area (Å²) in [6.45, 7) is -0.979. The van der Waals surface area contributed by atoms with Gasteiger partial charge in [-0.3, -0.25) is 9.79 Å². The zero-order valence-electron chi connectivity index (χ0n) is 16.6. The number of amides is 1. The first kappa shape index (κ1) is 21.4. The molecular formula is C21H25F2N5O2. The molecule has 0 aromatic heterocycles. The van der Waals surface area contributed by atoms with E-state index in [4.69, 9.17) is 5.73 Å². The third-order valence-electron chi connectivity index (χ3n) is 4.87. The number of hydrogen-bond acceptors (Lipinski definition) is 4. The van der Waals surface area contributed by atoms with Crippen molar-refractivity contribution < 1.29 is 18.3 Å². The number of nitrogens with one attached hydrogen (secondary N) is 2. The molecule has 2 aromatic carbocycles. The SMILES string of the molecule is CN=C(NCc1ccc(C(N)=O)cc1)NC1CCN(c2ccccc2OC(F)F)C1. The van der Waals surface area contributed by atoms with Crippen LogP contribution in [0.2, 0.25) is 0 Å². The van der Waals surface area contributed by atoms with Crippen LogP contribution in [-0.4, -0.2) is 44.7 Å². The van der Waals surface area contributed by atoms with Crippen LogP contribution in [0.25, 0.3) is 0 Å². The Labute approximate surface area is 173 Å². The molecule has 30 heavy (non-hydrogen) atoms. The fraction of sp³-hybridized carbons (Fsp3) is 0.333. The van der Waals surface area contributed by atoms with Crippen molar-refractivity contribution >= 4 is 17.6 Å². The lowest BCUT2D eigenvalue weighted by molar-refractivity contribution is -0.0495. The van der Waals surface area contributed by atoms with E-state index in [0.29, 0.717) is 36.8 Å². The average Bonchev–Trinajstić information content (AvgIpc) is 3.19. The number of primary amides is 1. The Morgan fingerprint density at radius 2 is 2.00 bits per heavy atom. The molecule has 1 saturated heterocycles. The molecule has 160 valence electrons. The van der Waals surface area contributed by atoms with Gasteiger partial charge in [-0.05, 0) is 36.2 Å². The van der Waals surface area contributed by atoms with Gasteiger partial charge in [-0.25, -0.2) is 0 Å². The van der Waals surface area contributed by atoms with Gasteiger partial charge in [-0.2, -0.15) is 8.78 Å². The number of para-hydroxylation sites is 2. The number of carbonyl (C=O) groups excluding carboxylic acids is 1. The van der Waals surface area contributed by atoms with E-state index in [9.17, 15) is 13.6 Å². The second-order valence-corrected chi connectivity index (χ2v) is 6.91. The van der Waals surface area contributed by atoms with Gasteiger partial charge in [0.05, 0.1) is 5.69 Å². The number of rotatable bonds is 7. The molecule has 1 aliphatic heterocycles. The summed E-state index contributed by atoms with van der Waals surface area (Å²) in [7, 11) is 1.68. The van der Waals surface area contributed by atoms with Crippen molar-refractivity contribution in [1.82, 2.24) is 10.6 Å². The van der Waals surface area contributed by atoms with E-state index in [1.807, 2.05) is 17.0 Å². The fourth-order valence-electron chi connectivity index (χ4n) is 3.37. The van der Waals surface area contributed by atoms with Crippen molar-refractivity contribution in [3.8, 4) is 5.75 Å². The molecule has 2 aromatic rings. The number of alkyl halides is 2. The van der Waals surface area contributed by atoms with E-state index in [0.717, 1.165) is 12.0 Å². The zero-order valence-corrected chi connectivity index (χ0v) is 16.6. The number of halogens is 2. The number of anilines is 1. The number of ether oxygens (including phenoxy) is 1. The number of guanidine groups is 1. The quantitative estimate of drug-likeness (QED) is 0.475. The van der Waals surface area contributed by atoms with Crippen LogP contribution in [0.4, 0.5) is 14.5 Å². The van der Waals surface area contributed by atoms with Crippen LogP contribution in [0.1, 0.15) is 22.3 Å². The van der Waals surface area contributed by atoms with Crippen molar-refractivity contribution in [2.75, 3.05) is 25.0 Å². The highest BCUT2D eigenvalue weighted by atomic mass is 19.3. The lowest BCUT2D eigenvalue weighted by Crippen LogP contribution is -2.44. The summed E-state index contributed by atoms with van der Waals surface area (Å²) in [5.74, 6) is 0.353. The van der Waals surface area contributed by atoms with Crippen LogP contribution in [0.3, 0.4) is 0 Å². The van der Waals surface area contributed by atoms with Gasteiger partial charge in [0.2, 0.25) is 5.91 Å². The molecule has 1 heterocycles. The summed E-state index contributed by atoms with van der Waals surface area (Å²) in [6.07, 6.45) is 0.830. The van der Waals surface area contributed by atoms with Crippen LogP contribution in [-0.2, 0) is 6.54 Å². The summed E-state index contributed by atoms with van der Waals surface area (Å²) < 4.78 is 30.0. The number of nitrogens with two attached hydrogens (primary N) is 1. The van der Waals surface area contributed by atoms with Gasteiger partial charge in [0.1, 0.15) is 5.75 Å². The van der Waals surface area contributed by atoms with Crippen molar-refractivity contribution in [3.05, 3.63) is 59.7 Å². The van der Waals surface area contributed by atoms with Gasteiger partial charge in [0, 0.05) is 38.3 Å². The molecular weight excluding hydrogens is 392 g/mol. The van der Waals surface area contributed by atoms with Crippen LogP contribution >= 0.6 is 0 Å². The predicted molar refractivity (Wildman–Crippen MR) is 112 cm³/mol. The second kappa shape index (κ2) is 9.91. The lowest BCUT2D eigenvalue weighted by atomic mass is 10.1. The maximum Gasteiger partial charge on any atom is 0.387 e. The molecule has 1 amide bonds. The Kier molecular flexibility index (Phi) is 7.05. The van der Waals surface area contributed by atoms with Gasteiger partial charge in [0.15, 0.2) is 5.96 Å². The standard InChI is InChI=1S/C21H25F2N5O2/c1-25-21(26-12-14-6-8-15(9-7-14)19(24)29)27-16-10-11-28(13-16)17-4-2-3-5-18(17)30-20(22)23/h2-9,16,20H,10-13H2,1H3,(H2,24,29)(H2,25,26,27). The molecule has 0 aliphatic carbocycles. The Morgan fingerprint density at radius 3 is 2.67 bits per heavy atom. The van der Waals surface area contributed by atoms with E-state index in [-0.39, 0.29) is 11.8 Å². The Morgan fingerprint density at radius 1 is 1.27 bits per heavy atom. The molecule has 1 atom stereocenters. The number of nitrogens with zero attached hydrogens (tertiary/aromatic N) is 2. The maximum absolute atomic E-state index is 12.7. The topological polar surface area (TPSA) is 92.0 Å². The van der Waals surface area contributed by atoms with E-state index in [1.54, 1.807) is 43.4 Å². The molecule has 4 N–H and O–H groups in total. The summed E-state index contributed by atoms with van der Waals surface area (Å²) >= 11 is 0. The highest BCUT2D eigenvalue weighted by Crippen LogP contribution is 2.31. The van der Waals surface area contributed by atoms with E-state index < -0.39 is 12.5 Å². The predicted octanol–water partition coefficient (Wildman–Crippen LogP) is 2.33. The molecule has 7 nitrogen and oxygen atoms in total. The minimum absolute atomic E-state index is 0.105. The van der Waals surface area contributed by atoms with Gasteiger partial charge in [0.25, 0.3) is 0 Å². The fourth-order valence-corrected chi connectivity index (χ4v) is 3.37. The highest BCUT2D eigenvalue weighted by molar-refractivity contribution is 5.92. The highest BCUT2D eigenvalue weighted by Gasteiger charge is 2.26. The summed E-state index contributed by atoms with van der Waals surface area (Å²) in [5.41, 5.74) is 7.35. The molecule has 0 saturated carbocycles. The average molecular weight is 417 g/mol. The third-order valence-corrected chi connectivity index (χ3v) is 4.87. The van der Waals surface area contributed by atoms with Crippen molar-refractivity contribution in [1.29, 1.82) is 0 Å². The van der Waals surface area contributed by atoms with Crippen LogP contribution in [0.5, 0.6) is 5.75 Å². The van der Waals surface area contributed by atoms with Crippen LogP contribution in [0.15, 0.2) is 53.5 Å². The minimum Gasteiger partial charge on any atom is -0.433 e. The second-order valence-electron chi connectivity index (χ2n) is 6.91. The van der Waals surface area contributed by atoms with E-state index >= 15 is 0 Å². The zero-order chi connectivity index (χ0) is 21.5. The maximum atomic E-state index is 12.7. The minimum atomic E-state index is -2.86. The van der Waals surface area contributed by atoms with Gasteiger partial charge < -0.3 is 26.0 Å². The monoisotopic (exact) mass is 417 g/mol. The molecule has 0 radical (unpaired) electrons. The summed E-state index contributed by atoms with van der Waals surface area (Å²) in [6, 6.07) is 13.9. The smallest absolute Gasteiger partial charge is 0.387 e. The first-order chi connectivity index (χ1) is 14.5. The number of benzene rings is 2. The van der Waals surface area contributed by atoms with Crippen LogP contribution in [0, 0.1) is 0 Å². The first-order valence-electron chi connectivity index (χ1n) is 9.61. The Balaban J connectivity index is 1.54. The van der Waals surface area contributed by atoms with Crippen LogP contribution < -0.4 is 26.0 Å². The van der Waals surface area contributed by atoms with Crippen molar-refractivity contribution in [2.45, 2.75) is 25.6 Å². The summed E-state index contributed by atoms with van der Waals surface area (Å²) in [4.78, 5) is 17.4. The lowest BCUT2D eigenvalue weighted by Gasteiger charge is -2.22. The molecule has 9 heteroatoms. The molecule has 1 fully saturated rings. The summed E-state index contributed by atoms with van der Waals surface area (Å²) in [5, 5.41) is 6.59. The van der Waals surface area contributed by atoms with Crippen molar-refractivity contribution in [3.63, 3.8) is 0 Å². The molecule has 0 bridgehead atoms. The molecule has 3 rings (SSSR count). The largest absolute Gasteiger partial charge is 0.433 e. The molecule has 1 unspecified atom stereocenters.